The minimum Gasteiger partial charge on any atom is -0.324 e. The van der Waals surface area contributed by atoms with Gasteiger partial charge in [-0.15, -0.1) is 11.8 Å². The molecule has 16 heavy (non-hydrogen) atoms. The molecule has 1 aromatic carbocycles. The topological polar surface area (TPSA) is 26.0 Å². The highest BCUT2D eigenvalue weighted by atomic mass is 32.2. The Morgan fingerprint density at radius 1 is 1.25 bits per heavy atom. The molecule has 0 spiro atoms. The Hall–Kier alpha value is -0.470. The Bertz CT molecular complexity index is 314. The molecule has 0 saturated heterocycles. The number of nitrogens with two attached hydrogens (primary N) is 1. The summed E-state index contributed by atoms with van der Waals surface area (Å²) in [7, 11) is 0. The van der Waals surface area contributed by atoms with Crippen molar-refractivity contribution < 1.29 is 0 Å². The number of hydrogen-bond donors (Lipinski definition) is 1. The molecule has 1 fully saturated rings. The fraction of sp³-hybridized carbons (Fsp3) is 0.571. The van der Waals surface area contributed by atoms with Gasteiger partial charge in [-0.1, -0.05) is 37.8 Å². The Morgan fingerprint density at radius 2 is 1.88 bits per heavy atom. The van der Waals surface area contributed by atoms with Crippen molar-refractivity contribution in [1.29, 1.82) is 0 Å². The van der Waals surface area contributed by atoms with E-state index in [1.54, 1.807) is 11.8 Å². The van der Waals surface area contributed by atoms with Gasteiger partial charge in [0.1, 0.15) is 0 Å². The van der Waals surface area contributed by atoms with Gasteiger partial charge in [-0.2, -0.15) is 0 Å². The van der Waals surface area contributed by atoms with E-state index in [0.717, 1.165) is 5.92 Å². The second kappa shape index (κ2) is 5.74. The molecule has 1 aromatic rings. The maximum absolute atomic E-state index is 6.26. The van der Waals surface area contributed by atoms with Gasteiger partial charge in [-0.3, -0.25) is 0 Å². The molecular formula is C14H21NS. The van der Waals surface area contributed by atoms with Crippen molar-refractivity contribution in [2.24, 2.45) is 11.7 Å². The van der Waals surface area contributed by atoms with E-state index in [9.17, 15) is 0 Å². The van der Waals surface area contributed by atoms with Crippen molar-refractivity contribution in [3.05, 3.63) is 29.8 Å². The third-order valence-electron chi connectivity index (χ3n) is 3.61. The molecule has 1 unspecified atom stereocenters. The largest absolute Gasteiger partial charge is 0.324 e. The van der Waals surface area contributed by atoms with Crippen molar-refractivity contribution in [2.45, 2.75) is 43.0 Å². The third-order valence-corrected chi connectivity index (χ3v) is 4.35. The average Bonchev–Trinajstić information content (AvgIpc) is 2.82. The molecule has 1 aliphatic carbocycles. The van der Waals surface area contributed by atoms with Crippen molar-refractivity contribution in [3.8, 4) is 0 Å². The summed E-state index contributed by atoms with van der Waals surface area (Å²) in [6.07, 6.45) is 8.85. The Balaban J connectivity index is 1.94. The standard InChI is InChI=1S/C14H21NS/c1-16-13-8-6-12(7-9-13)14(15)10-11-4-2-3-5-11/h6-9,11,14H,2-5,10,15H2,1H3. The van der Waals surface area contributed by atoms with E-state index in [2.05, 4.69) is 30.5 Å². The van der Waals surface area contributed by atoms with Gasteiger partial charge in [-0.05, 0) is 36.3 Å². The first-order chi connectivity index (χ1) is 7.79. The first-order valence-electron chi connectivity index (χ1n) is 6.19. The predicted octanol–water partition coefficient (Wildman–Crippen LogP) is 3.99. The molecule has 88 valence electrons. The van der Waals surface area contributed by atoms with E-state index in [0.29, 0.717) is 0 Å². The van der Waals surface area contributed by atoms with Gasteiger partial charge >= 0.3 is 0 Å². The monoisotopic (exact) mass is 235 g/mol. The molecule has 0 bridgehead atoms. The fourth-order valence-corrected chi connectivity index (χ4v) is 3.00. The summed E-state index contributed by atoms with van der Waals surface area (Å²) in [5.41, 5.74) is 7.56. The highest BCUT2D eigenvalue weighted by Crippen LogP contribution is 2.32. The smallest absolute Gasteiger partial charge is 0.0297 e. The number of benzene rings is 1. The zero-order valence-corrected chi connectivity index (χ0v) is 10.8. The minimum absolute atomic E-state index is 0.235. The lowest BCUT2D eigenvalue weighted by Gasteiger charge is -2.16. The van der Waals surface area contributed by atoms with Crippen LogP contribution in [0.5, 0.6) is 0 Å². The summed E-state index contributed by atoms with van der Waals surface area (Å²) < 4.78 is 0. The molecule has 1 nitrogen and oxygen atoms in total. The molecule has 0 radical (unpaired) electrons. The molecule has 1 saturated carbocycles. The molecule has 0 heterocycles. The first kappa shape index (κ1) is 12.0. The lowest BCUT2D eigenvalue weighted by Crippen LogP contribution is -2.13. The second-order valence-corrected chi connectivity index (χ2v) is 5.65. The summed E-state index contributed by atoms with van der Waals surface area (Å²) in [4.78, 5) is 1.32. The summed E-state index contributed by atoms with van der Waals surface area (Å²) in [5.74, 6) is 0.871. The summed E-state index contributed by atoms with van der Waals surface area (Å²) in [6.45, 7) is 0. The van der Waals surface area contributed by atoms with Crippen molar-refractivity contribution in [1.82, 2.24) is 0 Å². The molecule has 2 heteroatoms. The maximum Gasteiger partial charge on any atom is 0.0297 e. The highest BCUT2D eigenvalue weighted by molar-refractivity contribution is 7.98. The van der Waals surface area contributed by atoms with E-state index in [1.807, 2.05) is 0 Å². The summed E-state index contributed by atoms with van der Waals surface area (Å²) >= 11 is 1.78. The molecule has 1 atom stereocenters. The van der Waals surface area contributed by atoms with Crippen molar-refractivity contribution >= 4 is 11.8 Å². The van der Waals surface area contributed by atoms with Crippen LogP contribution in [0.25, 0.3) is 0 Å². The summed E-state index contributed by atoms with van der Waals surface area (Å²) in [5, 5.41) is 0. The van der Waals surface area contributed by atoms with Crippen LogP contribution in [0.15, 0.2) is 29.2 Å². The second-order valence-electron chi connectivity index (χ2n) is 4.77. The zero-order chi connectivity index (χ0) is 11.4. The van der Waals surface area contributed by atoms with Gasteiger partial charge in [0, 0.05) is 10.9 Å². The van der Waals surface area contributed by atoms with E-state index in [-0.39, 0.29) is 6.04 Å². The van der Waals surface area contributed by atoms with Crippen LogP contribution in [0.4, 0.5) is 0 Å². The van der Waals surface area contributed by atoms with Crippen LogP contribution in [-0.2, 0) is 0 Å². The van der Waals surface area contributed by atoms with Gasteiger partial charge in [0.15, 0.2) is 0 Å². The van der Waals surface area contributed by atoms with Crippen LogP contribution in [-0.4, -0.2) is 6.26 Å². The van der Waals surface area contributed by atoms with Gasteiger partial charge in [0.05, 0.1) is 0 Å². The van der Waals surface area contributed by atoms with E-state index >= 15 is 0 Å². The number of hydrogen-bond acceptors (Lipinski definition) is 2. The molecule has 0 aliphatic heterocycles. The molecule has 0 aromatic heterocycles. The van der Waals surface area contributed by atoms with Crippen molar-refractivity contribution in [3.63, 3.8) is 0 Å². The Labute approximate surface area is 103 Å². The lowest BCUT2D eigenvalue weighted by atomic mass is 9.94. The van der Waals surface area contributed by atoms with Crippen LogP contribution in [0.3, 0.4) is 0 Å². The predicted molar refractivity (Wildman–Crippen MR) is 71.7 cm³/mol. The Kier molecular flexibility index (Phi) is 4.30. The number of rotatable bonds is 4. The van der Waals surface area contributed by atoms with Gasteiger partial charge in [0.2, 0.25) is 0 Å². The van der Waals surface area contributed by atoms with Crippen LogP contribution in [0.1, 0.15) is 43.7 Å². The van der Waals surface area contributed by atoms with E-state index in [1.165, 1.54) is 42.6 Å². The van der Waals surface area contributed by atoms with E-state index < -0.39 is 0 Å². The Morgan fingerprint density at radius 3 is 2.44 bits per heavy atom. The summed E-state index contributed by atoms with van der Waals surface area (Å²) in [6, 6.07) is 8.96. The molecule has 0 amide bonds. The number of thioether (sulfide) groups is 1. The first-order valence-corrected chi connectivity index (χ1v) is 7.41. The lowest BCUT2D eigenvalue weighted by molar-refractivity contribution is 0.451. The molecule has 1 aliphatic rings. The fourth-order valence-electron chi connectivity index (χ4n) is 2.59. The normalized spacial score (nSPS) is 18.9. The maximum atomic E-state index is 6.26. The van der Waals surface area contributed by atoms with Crippen LogP contribution >= 0.6 is 11.8 Å². The molecule has 2 N–H and O–H groups in total. The van der Waals surface area contributed by atoms with Gasteiger partial charge in [0.25, 0.3) is 0 Å². The van der Waals surface area contributed by atoms with Crippen LogP contribution in [0.2, 0.25) is 0 Å². The van der Waals surface area contributed by atoms with Crippen LogP contribution in [0, 0.1) is 5.92 Å². The molecule has 2 rings (SSSR count). The van der Waals surface area contributed by atoms with Gasteiger partial charge < -0.3 is 5.73 Å². The molecular weight excluding hydrogens is 214 g/mol. The zero-order valence-electron chi connectivity index (χ0n) is 9.99. The SMILES string of the molecule is CSc1ccc(C(N)CC2CCCC2)cc1. The highest BCUT2D eigenvalue weighted by Gasteiger charge is 2.18. The van der Waals surface area contributed by atoms with Gasteiger partial charge in [-0.25, -0.2) is 0 Å². The average molecular weight is 235 g/mol. The quantitative estimate of drug-likeness (QED) is 0.799. The third kappa shape index (κ3) is 3.02. The van der Waals surface area contributed by atoms with Crippen LogP contribution < -0.4 is 5.73 Å². The van der Waals surface area contributed by atoms with E-state index in [4.69, 9.17) is 5.73 Å². The minimum atomic E-state index is 0.235. The van der Waals surface area contributed by atoms with Crippen molar-refractivity contribution in [2.75, 3.05) is 6.26 Å².